The summed E-state index contributed by atoms with van der Waals surface area (Å²) in [6, 6.07) is 1.83. The zero-order valence-electron chi connectivity index (χ0n) is 8.80. The first-order valence-electron chi connectivity index (χ1n) is 5.75. The maximum absolute atomic E-state index is 6.00. The van der Waals surface area contributed by atoms with Crippen LogP contribution >= 0.6 is 0 Å². The largest absolute Gasteiger partial charge is 0.382 e. The van der Waals surface area contributed by atoms with Crippen LogP contribution in [-0.4, -0.2) is 22.0 Å². The Balaban J connectivity index is 1.56. The molecule has 1 saturated carbocycles. The van der Waals surface area contributed by atoms with E-state index < -0.39 is 0 Å². The van der Waals surface area contributed by atoms with Gasteiger partial charge in [-0.2, -0.15) is 5.10 Å². The van der Waals surface area contributed by atoms with Gasteiger partial charge >= 0.3 is 0 Å². The van der Waals surface area contributed by atoms with Crippen LogP contribution in [0.5, 0.6) is 0 Å². The van der Waals surface area contributed by atoms with Crippen molar-refractivity contribution in [1.29, 1.82) is 0 Å². The Morgan fingerprint density at radius 1 is 1.40 bits per heavy atom. The van der Waals surface area contributed by atoms with Crippen molar-refractivity contribution in [2.45, 2.75) is 44.4 Å². The van der Waals surface area contributed by atoms with Crippen molar-refractivity contribution in [1.82, 2.24) is 9.78 Å². The van der Waals surface area contributed by atoms with Crippen LogP contribution in [0, 0.1) is 5.92 Å². The highest BCUT2D eigenvalue weighted by Crippen LogP contribution is 2.40. The minimum absolute atomic E-state index is 0.342. The highest BCUT2D eigenvalue weighted by molar-refractivity contribution is 5.23. The summed E-state index contributed by atoms with van der Waals surface area (Å²) in [7, 11) is 0. The van der Waals surface area contributed by atoms with E-state index in [1.54, 1.807) is 0 Å². The van der Waals surface area contributed by atoms with E-state index in [9.17, 15) is 0 Å². The van der Waals surface area contributed by atoms with E-state index in [1.807, 2.05) is 16.9 Å². The van der Waals surface area contributed by atoms with Crippen molar-refractivity contribution < 1.29 is 4.74 Å². The Morgan fingerprint density at radius 3 is 2.93 bits per heavy atom. The molecule has 1 aromatic heterocycles. The Labute approximate surface area is 89.4 Å². The fourth-order valence-electron chi connectivity index (χ4n) is 2.37. The molecule has 3 rings (SSSR count). The van der Waals surface area contributed by atoms with Gasteiger partial charge in [-0.25, -0.2) is 0 Å². The van der Waals surface area contributed by atoms with Gasteiger partial charge in [0.1, 0.15) is 5.82 Å². The first-order chi connectivity index (χ1) is 7.31. The third-order valence-corrected chi connectivity index (χ3v) is 3.34. The van der Waals surface area contributed by atoms with Gasteiger partial charge in [-0.1, -0.05) is 0 Å². The number of hydrogen-bond acceptors (Lipinski definition) is 3. The molecule has 82 valence electrons. The summed E-state index contributed by atoms with van der Waals surface area (Å²) >= 11 is 0. The Morgan fingerprint density at radius 2 is 2.27 bits per heavy atom. The molecule has 4 nitrogen and oxygen atoms in total. The molecule has 1 aliphatic heterocycles. The predicted octanol–water partition coefficient (Wildman–Crippen LogP) is 1.42. The first-order valence-corrected chi connectivity index (χ1v) is 5.75. The molecule has 2 unspecified atom stereocenters. The molecule has 0 amide bonds. The van der Waals surface area contributed by atoms with Crippen molar-refractivity contribution >= 4 is 5.82 Å². The van der Waals surface area contributed by atoms with Crippen LogP contribution in [-0.2, 0) is 11.3 Å². The predicted molar refractivity (Wildman–Crippen MR) is 57.3 cm³/mol. The van der Waals surface area contributed by atoms with Crippen molar-refractivity contribution in [2.75, 3.05) is 5.73 Å². The molecule has 0 radical (unpaired) electrons. The molecule has 1 saturated heterocycles. The van der Waals surface area contributed by atoms with Gasteiger partial charge < -0.3 is 10.5 Å². The zero-order chi connectivity index (χ0) is 10.3. The standard InChI is InChI=1S/C11H17N3O/c12-11-5-6-14(13-11)7-9-3-4-10(15-9)8-1-2-8/h5-6,8-10H,1-4,7H2,(H2,12,13). The summed E-state index contributed by atoms with van der Waals surface area (Å²) in [5, 5.41) is 4.17. The molecule has 2 atom stereocenters. The van der Waals surface area contributed by atoms with Gasteiger partial charge in [-0.05, 0) is 37.7 Å². The summed E-state index contributed by atoms with van der Waals surface area (Å²) in [6.07, 6.45) is 7.92. The Hall–Kier alpha value is -1.03. The van der Waals surface area contributed by atoms with E-state index in [0.29, 0.717) is 18.0 Å². The Kier molecular flexibility index (Phi) is 2.16. The van der Waals surface area contributed by atoms with Crippen molar-refractivity contribution in [2.24, 2.45) is 5.92 Å². The third kappa shape index (κ3) is 2.00. The maximum atomic E-state index is 6.00. The number of aromatic nitrogens is 2. The molecular weight excluding hydrogens is 190 g/mol. The molecule has 2 aliphatic rings. The van der Waals surface area contributed by atoms with Gasteiger partial charge in [0.2, 0.25) is 0 Å². The van der Waals surface area contributed by atoms with Crippen molar-refractivity contribution in [3.8, 4) is 0 Å². The van der Waals surface area contributed by atoms with Gasteiger partial charge in [0.15, 0.2) is 0 Å². The molecular formula is C11H17N3O. The second kappa shape index (κ2) is 3.52. The van der Waals surface area contributed by atoms with Crippen molar-refractivity contribution in [3.63, 3.8) is 0 Å². The molecule has 2 N–H and O–H groups in total. The van der Waals surface area contributed by atoms with Gasteiger partial charge in [-0.15, -0.1) is 0 Å². The number of hydrogen-bond donors (Lipinski definition) is 1. The average Bonchev–Trinajstić information content (AvgIpc) is 2.84. The quantitative estimate of drug-likeness (QED) is 0.815. The fourth-order valence-corrected chi connectivity index (χ4v) is 2.37. The van der Waals surface area contributed by atoms with Crippen LogP contribution in [0.2, 0.25) is 0 Å². The number of nitrogens with zero attached hydrogens (tertiary/aromatic N) is 2. The average molecular weight is 207 g/mol. The number of nitrogens with two attached hydrogens (primary N) is 1. The number of rotatable bonds is 3. The third-order valence-electron chi connectivity index (χ3n) is 3.34. The number of nitrogen functional groups attached to an aromatic ring is 1. The van der Waals surface area contributed by atoms with E-state index in [0.717, 1.165) is 12.5 Å². The van der Waals surface area contributed by atoms with Crippen LogP contribution in [0.3, 0.4) is 0 Å². The summed E-state index contributed by atoms with van der Waals surface area (Å²) in [5.41, 5.74) is 5.57. The second-order valence-corrected chi connectivity index (χ2v) is 4.67. The van der Waals surface area contributed by atoms with E-state index in [2.05, 4.69) is 5.10 Å². The molecule has 15 heavy (non-hydrogen) atoms. The highest BCUT2D eigenvalue weighted by atomic mass is 16.5. The summed E-state index contributed by atoms with van der Waals surface area (Å²) in [5.74, 6) is 1.45. The first kappa shape index (κ1) is 9.21. The SMILES string of the molecule is Nc1ccn(CC2CCC(C3CC3)O2)n1. The monoisotopic (exact) mass is 207 g/mol. The van der Waals surface area contributed by atoms with E-state index in [4.69, 9.17) is 10.5 Å². The normalized spacial score (nSPS) is 30.9. The minimum Gasteiger partial charge on any atom is -0.382 e. The van der Waals surface area contributed by atoms with Crippen LogP contribution in [0.1, 0.15) is 25.7 Å². The maximum Gasteiger partial charge on any atom is 0.145 e. The molecule has 0 bridgehead atoms. The smallest absolute Gasteiger partial charge is 0.145 e. The number of anilines is 1. The lowest BCUT2D eigenvalue weighted by Crippen LogP contribution is -2.18. The second-order valence-electron chi connectivity index (χ2n) is 4.67. The van der Waals surface area contributed by atoms with Crippen LogP contribution in [0.15, 0.2) is 12.3 Å². The van der Waals surface area contributed by atoms with Crippen LogP contribution in [0.25, 0.3) is 0 Å². The molecule has 0 aromatic carbocycles. The molecule has 2 heterocycles. The van der Waals surface area contributed by atoms with Gasteiger partial charge in [0.25, 0.3) is 0 Å². The molecule has 2 fully saturated rings. The fraction of sp³-hybridized carbons (Fsp3) is 0.727. The number of ether oxygens (including phenoxy) is 1. The minimum atomic E-state index is 0.342. The zero-order valence-corrected chi connectivity index (χ0v) is 8.80. The van der Waals surface area contributed by atoms with Crippen LogP contribution in [0.4, 0.5) is 5.82 Å². The molecule has 0 spiro atoms. The van der Waals surface area contributed by atoms with Crippen molar-refractivity contribution in [3.05, 3.63) is 12.3 Å². The molecule has 4 heteroatoms. The van der Waals surface area contributed by atoms with E-state index in [-0.39, 0.29) is 0 Å². The summed E-state index contributed by atoms with van der Waals surface area (Å²) in [6.45, 7) is 0.848. The molecule has 1 aliphatic carbocycles. The topological polar surface area (TPSA) is 53.1 Å². The van der Waals surface area contributed by atoms with E-state index in [1.165, 1.54) is 25.7 Å². The summed E-state index contributed by atoms with van der Waals surface area (Å²) < 4.78 is 7.88. The highest BCUT2D eigenvalue weighted by Gasteiger charge is 2.37. The van der Waals surface area contributed by atoms with Gasteiger partial charge in [0, 0.05) is 6.20 Å². The lowest BCUT2D eigenvalue weighted by molar-refractivity contribution is 0.0225. The lowest BCUT2D eigenvalue weighted by atomic mass is 10.1. The molecule has 1 aromatic rings. The summed E-state index contributed by atoms with van der Waals surface area (Å²) in [4.78, 5) is 0. The lowest BCUT2D eigenvalue weighted by Gasteiger charge is -2.12. The Bertz CT molecular complexity index is 345. The van der Waals surface area contributed by atoms with Gasteiger partial charge in [-0.3, -0.25) is 4.68 Å². The van der Waals surface area contributed by atoms with E-state index >= 15 is 0 Å². The van der Waals surface area contributed by atoms with Crippen LogP contribution < -0.4 is 5.73 Å². The van der Waals surface area contributed by atoms with Gasteiger partial charge in [0.05, 0.1) is 18.8 Å².